The van der Waals surface area contributed by atoms with Crippen molar-refractivity contribution in [2.75, 3.05) is 26.2 Å². The van der Waals surface area contributed by atoms with Crippen molar-refractivity contribution >= 4 is 10.4 Å². The average Bonchev–Trinajstić information content (AvgIpc) is 2.27. The van der Waals surface area contributed by atoms with Crippen LogP contribution in [0.1, 0.15) is 20.3 Å². The molecule has 0 saturated carbocycles. The van der Waals surface area contributed by atoms with E-state index in [2.05, 4.69) is 18.7 Å². The average molecular weight is 240 g/mol. The highest BCUT2D eigenvalue weighted by molar-refractivity contribution is 7.79. The Balaban J connectivity index is 0.000000336. The third kappa shape index (κ3) is 10.1. The first-order valence-electron chi connectivity index (χ1n) is 4.76. The third-order valence-corrected chi connectivity index (χ3v) is 2.20. The van der Waals surface area contributed by atoms with Crippen molar-refractivity contribution in [1.29, 1.82) is 0 Å². The van der Waals surface area contributed by atoms with Crippen LogP contribution in [0.4, 0.5) is 0 Å². The second kappa shape index (κ2) is 5.76. The molecule has 15 heavy (non-hydrogen) atoms. The molecule has 92 valence electrons. The van der Waals surface area contributed by atoms with Crippen molar-refractivity contribution in [1.82, 2.24) is 4.90 Å². The maximum Gasteiger partial charge on any atom is 0.394 e. The van der Waals surface area contributed by atoms with E-state index in [4.69, 9.17) is 23.3 Å². The van der Waals surface area contributed by atoms with Crippen LogP contribution in [0.25, 0.3) is 0 Å². The molecule has 0 atom stereocenters. The van der Waals surface area contributed by atoms with Crippen molar-refractivity contribution in [3.05, 3.63) is 0 Å². The molecule has 6 nitrogen and oxygen atoms in total. The van der Waals surface area contributed by atoms with Gasteiger partial charge in [0.25, 0.3) is 0 Å². The number of likely N-dealkylation sites (tertiary alicyclic amines) is 1. The van der Waals surface area contributed by atoms with Gasteiger partial charge in [-0.25, -0.2) is 0 Å². The molecule has 0 aromatic heterocycles. The lowest BCUT2D eigenvalue weighted by Crippen LogP contribution is -2.28. The fourth-order valence-electron chi connectivity index (χ4n) is 1.60. The second-order valence-corrected chi connectivity index (χ2v) is 5.32. The van der Waals surface area contributed by atoms with Crippen molar-refractivity contribution in [3.63, 3.8) is 0 Å². The van der Waals surface area contributed by atoms with E-state index in [9.17, 15) is 0 Å². The molecule has 1 fully saturated rings. The van der Waals surface area contributed by atoms with E-state index in [0.717, 1.165) is 13.1 Å². The molecular formula is C8H20N2O4S. The van der Waals surface area contributed by atoms with Gasteiger partial charge < -0.3 is 10.6 Å². The Labute approximate surface area is 91.0 Å². The highest BCUT2D eigenvalue weighted by atomic mass is 32.3. The van der Waals surface area contributed by atoms with Crippen molar-refractivity contribution < 1.29 is 17.5 Å². The first-order valence-corrected chi connectivity index (χ1v) is 6.16. The van der Waals surface area contributed by atoms with Crippen LogP contribution >= 0.6 is 0 Å². The Morgan fingerprint density at radius 1 is 1.40 bits per heavy atom. The summed E-state index contributed by atoms with van der Waals surface area (Å²) in [6.07, 6.45) is 1.33. The van der Waals surface area contributed by atoms with E-state index in [-0.39, 0.29) is 0 Å². The predicted molar refractivity (Wildman–Crippen MR) is 58.1 cm³/mol. The Hall–Kier alpha value is -0.210. The summed E-state index contributed by atoms with van der Waals surface area (Å²) in [5.41, 5.74) is 5.99. The quantitative estimate of drug-likeness (QED) is 0.588. The number of nitrogens with two attached hydrogens (primary N) is 1. The molecule has 1 heterocycles. The molecule has 0 radical (unpaired) electrons. The third-order valence-electron chi connectivity index (χ3n) is 2.20. The summed E-state index contributed by atoms with van der Waals surface area (Å²) < 4.78 is 31.6. The normalized spacial score (nSPS) is 20.9. The van der Waals surface area contributed by atoms with Gasteiger partial charge in [-0.15, -0.1) is 0 Å². The predicted octanol–water partition coefficient (Wildman–Crippen LogP) is 0.0242. The van der Waals surface area contributed by atoms with Crippen LogP contribution in [0.5, 0.6) is 0 Å². The van der Waals surface area contributed by atoms with Gasteiger partial charge in [-0.1, -0.05) is 13.8 Å². The summed E-state index contributed by atoms with van der Waals surface area (Å²) in [4.78, 5) is 2.44. The van der Waals surface area contributed by atoms with E-state index >= 15 is 0 Å². The number of hydrogen-bond acceptors (Lipinski definition) is 4. The zero-order valence-corrected chi connectivity index (χ0v) is 10.00. The molecule has 1 aliphatic heterocycles. The molecule has 4 N–H and O–H groups in total. The summed E-state index contributed by atoms with van der Waals surface area (Å²) >= 11 is 0. The first kappa shape index (κ1) is 14.8. The van der Waals surface area contributed by atoms with Gasteiger partial charge in [0.05, 0.1) is 0 Å². The van der Waals surface area contributed by atoms with Crippen molar-refractivity contribution in [2.24, 2.45) is 11.1 Å². The number of rotatable bonds is 2. The summed E-state index contributed by atoms with van der Waals surface area (Å²) in [7, 11) is -4.67. The zero-order chi connectivity index (χ0) is 12.1. The Morgan fingerprint density at radius 3 is 2.13 bits per heavy atom. The number of nitrogens with zero attached hydrogens (tertiary/aromatic N) is 1. The van der Waals surface area contributed by atoms with Gasteiger partial charge in [-0.05, 0) is 18.4 Å². The van der Waals surface area contributed by atoms with Gasteiger partial charge in [0, 0.05) is 19.6 Å². The first-order chi connectivity index (χ1) is 6.64. The van der Waals surface area contributed by atoms with Crippen LogP contribution in [0, 0.1) is 5.41 Å². The smallest absolute Gasteiger partial charge is 0.329 e. The molecular weight excluding hydrogens is 220 g/mol. The van der Waals surface area contributed by atoms with Crippen LogP contribution < -0.4 is 5.73 Å². The molecule has 0 aromatic carbocycles. The summed E-state index contributed by atoms with van der Waals surface area (Å²) in [5.74, 6) is 0. The maximum atomic E-state index is 8.74. The maximum absolute atomic E-state index is 8.74. The van der Waals surface area contributed by atoms with Crippen LogP contribution in [-0.2, 0) is 10.4 Å². The standard InChI is InChI=1S/C8H18N2.H2O4S/c1-8(2)3-5-10(7-8)6-4-9;1-5(2,3)4/h3-7,9H2,1-2H3;(H2,1,2,3,4). The molecule has 1 saturated heterocycles. The Kier molecular flexibility index (Phi) is 5.68. The second-order valence-electron chi connectivity index (χ2n) is 4.43. The topological polar surface area (TPSA) is 104 Å². The van der Waals surface area contributed by atoms with Crippen molar-refractivity contribution in [2.45, 2.75) is 20.3 Å². The van der Waals surface area contributed by atoms with E-state index in [1.807, 2.05) is 0 Å². The SMILES string of the molecule is CC1(C)CCN(CCN)C1.O=S(=O)(O)O. The lowest BCUT2D eigenvalue weighted by Gasteiger charge is -2.18. The molecule has 7 heteroatoms. The highest BCUT2D eigenvalue weighted by Crippen LogP contribution is 2.27. The van der Waals surface area contributed by atoms with Gasteiger partial charge in [0.15, 0.2) is 0 Å². The van der Waals surface area contributed by atoms with E-state index in [1.54, 1.807) is 0 Å². The van der Waals surface area contributed by atoms with Crippen LogP contribution in [0.2, 0.25) is 0 Å². The monoisotopic (exact) mass is 240 g/mol. The van der Waals surface area contributed by atoms with E-state index in [0.29, 0.717) is 5.41 Å². The fourth-order valence-corrected chi connectivity index (χ4v) is 1.60. The van der Waals surface area contributed by atoms with Gasteiger partial charge >= 0.3 is 10.4 Å². The Morgan fingerprint density at radius 2 is 1.87 bits per heavy atom. The molecule has 0 aliphatic carbocycles. The summed E-state index contributed by atoms with van der Waals surface area (Å²) in [6.45, 7) is 8.99. The van der Waals surface area contributed by atoms with Crippen LogP contribution in [0.15, 0.2) is 0 Å². The molecule has 0 bridgehead atoms. The Bertz CT molecular complexity index is 268. The van der Waals surface area contributed by atoms with Crippen LogP contribution in [0.3, 0.4) is 0 Å². The largest absolute Gasteiger partial charge is 0.394 e. The molecule has 1 aliphatic rings. The van der Waals surface area contributed by atoms with Gasteiger partial charge in [-0.3, -0.25) is 9.11 Å². The summed E-state index contributed by atoms with van der Waals surface area (Å²) in [6, 6.07) is 0. The minimum Gasteiger partial charge on any atom is -0.329 e. The lowest BCUT2D eigenvalue weighted by molar-refractivity contribution is 0.297. The van der Waals surface area contributed by atoms with Gasteiger partial charge in [0.1, 0.15) is 0 Å². The molecule has 1 rings (SSSR count). The minimum absolute atomic E-state index is 0.537. The minimum atomic E-state index is -4.67. The lowest BCUT2D eigenvalue weighted by atomic mass is 9.93. The van der Waals surface area contributed by atoms with E-state index < -0.39 is 10.4 Å². The number of hydrogen-bond donors (Lipinski definition) is 3. The van der Waals surface area contributed by atoms with Gasteiger partial charge in [-0.2, -0.15) is 8.42 Å². The van der Waals surface area contributed by atoms with Crippen LogP contribution in [-0.4, -0.2) is 48.6 Å². The molecule has 0 unspecified atom stereocenters. The molecule has 0 aromatic rings. The van der Waals surface area contributed by atoms with Gasteiger partial charge in [0.2, 0.25) is 0 Å². The van der Waals surface area contributed by atoms with Crippen molar-refractivity contribution in [3.8, 4) is 0 Å². The fraction of sp³-hybridized carbons (Fsp3) is 1.00. The highest BCUT2D eigenvalue weighted by Gasteiger charge is 2.28. The van der Waals surface area contributed by atoms with E-state index in [1.165, 1.54) is 19.5 Å². The zero-order valence-electron chi connectivity index (χ0n) is 9.18. The molecule has 0 spiro atoms. The summed E-state index contributed by atoms with van der Waals surface area (Å²) in [5, 5.41) is 0. The molecule has 0 amide bonds.